The molecule has 0 bridgehead atoms. The molecule has 1 aliphatic rings. The molecule has 0 amide bonds. The number of rotatable bonds is 9. The number of ether oxygens (including phenoxy) is 1. The van der Waals surface area contributed by atoms with Crippen LogP contribution in [0.1, 0.15) is 29.2 Å². The van der Waals surface area contributed by atoms with Crippen molar-refractivity contribution < 1.29 is 13.7 Å². The minimum Gasteiger partial charge on any atom is -0.469 e. The Morgan fingerprint density at radius 1 is 1.21 bits per heavy atom. The van der Waals surface area contributed by atoms with E-state index in [1.54, 1.807) is 6.26 Å². The third-order valence-corrected chi connectivity index (χ3v) is 4.87. The molecule has 2 aromatic heterocycles. The van der Waals surface area contributed by atoms with Crippen molar-refractivity contribution >= 4 is 29.9 Å². The van der Waals surface area contributed by atoms with E-state index in [9.17, 15) is 0 Å². The van der Waals surface area contributed by atoms with Crippen LogP contribution in [-0.4, -0.2) is 62.0 Å². The van der Waals surface area contributed by atoms with Crippen LogP contribution in [0.2, 0.25) is 0 Å². The van der Waals surface area contributed by atoms with Gasteiger partial charge in [-0.1, -0.05) is 5.16 Å². The summed E-state index contributed by atoms with van der Waals surface area (Å²) >= 11 is 0. The van der Waals surface area contributed by atoms with Crippen LogP contribution in [0.25, 0.3) is 0 Å². The van der Waals surface area contributed by atoms with Crippen LogP contribution >= 0.6 is 24.0 Å². The monoisotopic (exact) mass is 517 g/mol. The van der Waals surface area contributed by atoms with E-state index in [4.69, 9.17) is 18.7 Å². The van der Waals surface area contributed by atoms with Gasteiger partial charge in [0.25, 0.3) is 0 Å². The second kappa shape index (κ2) is 12.9. The summed E-state index contributed by atoms with van der Waals surface area (Å²) in [6.45, 7) is 10.8. The van der Waals surface area contributed by atoms with E-state index in [1.165, 1.54) is 0 Å². The van der Waals surface area contributed by atoms with Gasteiger partial charge in [-0.05, 0) is 38.9 Å². The number of furan rings is 1. The molecule has 29 heavy (non-hydrogen) atoms. The fourth-order valence-electron chi connectivity index (χ4n) is 3.15. The lowest BCUT2D eigenvalue weighted by atomic mass is 10.2. The Labute approximate surface area is 189 Å². The van der Waals surface area contributed by atoms with E-state index in [1.807, 2.05) is 26.0 Å². The average Bonchev–Trinajstić information content (AvgIpc) is 3.34. The quantitative estimate of drug-likeness (QED) is 0.229. The predicted molar refractivity (Wildman–Crippen MR) is 123 cm³/mol. The van der Waals surface area contributed by atoms with Gasteiger partial charge in [0.15, 0.2) is 5.96 Å². The molecule has 2 aromatic rings. The van der Waals surface area contributed by atoms with Crippen molar-refractivity contribution in [2.75, 3.05) is 45.9 Å². The zero-order chi connectivity index (χ0) is 19.6. The van der Waals surface area contributed by atoms with Crippen LogP contribution in [0.5, 0.6) is 0 Å². The van der Waals surface area contributed by atoms with Crippen LogP contribution in [0.15, 0.2) is 32.3 Å². The molecule has 0 aliphatic carbocycles. The Morgan fingerprint density at radius 3 is 2.69 bits per heavy atom. The maximum absolute atomic E-state index is 5.40. The van der Waals surface area contributed by atoms with Gasteiger partial charge in [0, 0.05) is 38.2 Å². The Kier molecular flexibility index (Phi) is 10.5. The van der Waals surface area contributed by atoms with Crippen LogP contribution in [-0.2, 0) is 17.7 Å². The molecule has 8 nitrogen and oxygen atoms in total. The molecule has 0 atom stereocenters. The number of hydrogen-bond acceptors (Lipinski definition) is 6. The van der Waals surface area contributed by atoms with Gasteiger partial charge in [-0.3, -0.25) is 4.90 Å². The van der Waals surface area contributed by atoms with Crippen molar-refractivity contribution in [2.45, 2.75) is 33.2 Å². The van der Waals surface area contributed by atoms with E-state index in [0.29, 0.717) is 6.54 Å². The van der Waals surface area contributed by atoms with Gasteiger partial charge in [-0.15, -0.1) is 24.0 Å². The standard InChI is InChI=1S/C20H31N5O3.HI/c1-16-19(17(2)28-24-16)15-23-20(22-8-6-18-5-3-12-27-18)21-7-4-9-25-10-13-26-14-11-25;/h3,5,12H,4,6-11,13-15H2,1-2H3,(H2,21,22,23);1H. The fraction of sp³-hybridized carbons (Fsp3) is 0.600. The maximum atomic E-state index is 5.40. The Hall–Kier alpha value is -1.59. The number of aliphatic imine (C=N–C) groups is 1. The first-order valence-corrected chi connectivity index (χ1v) is 9.99. The molecule has 0 saturated carbocycles. The summed E-state index contributed by atoms with van der Waals surface area (Å²) in [5.41, 5.74) is 1.93. The number of aromatic nitrogens is 1. The highest BCUT2D eigenvalue weighted by atomic mass is 127. The summed E-state index contributed by atoms with van der Waals surface area (Å²) in [4.78, 5) is 7.16. The minimum absolute atomic E-state index is 0. The van der Waals surface area contributed by atoms with Gasteiger partial charge in [-0.25, -0.2) is 4.99 Å². The lowest BCUT2D eigenvalue weighted by molar-refractivity contribution is 0.0376. The Balaban J connectivity index is 0.00000300. The Morgan fingerprint density at radius 2 is 2.00 bits per heavy atom. The van der Waals surface area contributed by atoms with E-state index in [-0.39, 0.29) is 24.0 Å². The number of morpholine rings is 1. The number of halogens is 1. The van der Waals surface area contributed by atoms with Crippen LogP contribution in [0.4, 0.5) is 0 Å². The molecule has 9 heteroatoms. The number of hydrogen-bond donors (Lipinski definition) is 2. The second-order valence-corrected chi connectivity index (χ2v) is 6.96. The van der Waals surface area contributed by atoms with E-state index in [0.717, 1.165) is 87.5 Å². The molecule has 0 spiro atoms. The van der Waals surface area contributed by atoms with Gasteiger partial charge in [-0.2, -0.15) is 0 Å². The van der Waals surface area contributed by atoms with Crippen molar-refractivity contribution in [3.8, 4) is 0 Å². The Bertz CT molecular complexity index is 707. The maximum Gasteiger partial charge on any atom is 0.191 e. The molecular weight excluding hydrogens is 485 g/mol. The van der Waals surface area contributed by atoms with Gasteiger partial charge in [0.2, 0.25) is 0 Å². The van der Waals surface area contributed by atoms with E-state index in [2.05, 4.69) is 20.7 Å². The zero-order valence-corrected chi connectivity index (χ0v) is 19.6. The lowest BCUT2D eigenvalue weighted by Crippen LogP contribution is -2.41. The first-order chi connectivity index (χ1) is 13.7. The van der Waals surface area contributed by atoms with Gasteiger partial charge < -0.3 is 24.3 Å². The number of aryl methyl sites for hydroxylation is 2. The molecule has 0 aromatic carbocycles. The smallest absolute Gasteiger partial charge is 0.191 e. The SMILES string of the molecule is Cc1noc(C)c1CN=C(NCCCN1CCOCC1)NCCc1ccco1.I. The van der Waals surface area contributed by atoms with Crippen molar-refractivity contribution in [3.63, 3.8) is 0 Å². The van der Waals surface area contributed by atoms with Crippen LogP contribution < -0.4 is 10.6 Å². The predicted octanol–water partition coefficient (Wildman–Crippen LogP) is 2.50. The zero-order valence-electron chi connectivity index (χ0n) is 17.3. The number of nitrogens with zero attached hydrogens (tertiary/aromatic N) is 3. The molecular formula is C20H32IN5O3. The molecule has 1 aliphatic heterocycles. The first kappa shape index (κ1) is 23.7. The third-order valence-electron chi connectivity index (χ3n) is 4.87. The van der Waals surface area contributed by atoms with Gasteiger partial charge >= 0.3 is 0 Å². The second-order valence-electron chi connectivity index (χ2n) is 6.96. The highest BCUT2D eigenvalue weighted by Gasteiger charge is 2.11. The van der Waals surface area contributed by atoms with Crippen LogP contribution in [0.3, 0.4) is 0 Å². The minimum atomic E-state index is 0. The topological polar surface area (TPSA) is 88.1 Å². The summed E-state index contributed by atoms with van der Waals surface area (Å²) in [5.74, 6) is 2.59. The summed E-state index contributed by atoms with van der Waals surface area (Å²) in [6, 6.07) is 3.89. The molecule has 0 unspecified atom stereocenters. The fourth-order valence-corrected chi connectivity index (χ4v) is 3.15. The van der Waals surface area contributed by atoms with E-state index >= 15 is 0 Å². The molecule has 2 N–H and O–H groups in total. The van der Waals surface area contributed by atoms with Crippen molar-refractivity contribution in [1.29, 1.82) is 0 Å². The molecule has 0 radical (unpaired) electrons. The summed E-state index contributed by atoms with van der Waals surface area (Å²) in [7, 11) is 0. The average molecular weight is 517 g/mol. The largest absolute Gasteiger partial charge is 0.469 e. The number of guanidine groups is 1. The molecule has 1 fully saturated rings. The molecule has 3 rings (SSSR count). The first-order valence-electron chi connectivity index (χ1n) is 9.99. The molecule has 3 heterocycles. The van der Waals surface area contributed by atoms with E-state index < -0.39 is 0 Å². The summed E-state index contributed by atoms with van der Waals surface area (Å²) in [6.07, 6.45) is 3.57. The molecule has 162 valence electrons. The molecule has 1 saturated heterocycles. The normalized spacial score (nSPS) is 15.2. The number of nitrogens with one attached hydrogen (secondary N) is 2. The summed E-state index contributed by atoms with van der Waals surface area (Å²) in [5, 5.41) is 10.8. The van der Waals surface area contributed by atoms with Crippen molar-refractivity contribution in [1.82, 2.24) is 20.7 Å². The van der Waals surface area contributed by atoms with Gasteiger partial charge in [0.1, 0.15) is 11.5 Å². The van der Waals surface area contributed by atoms with Crippen LogP contribution in [0, 0.1) is 13.8 Å². The highest BCUT2D eigenvalue weighted by molar-refractivity contribution is 14.0. The van der Waals surface area contributed by atoms with Crippen molar-refractivity contribution in [3.05, 3.63) is 41.2 Å². The lowest BCUT2D eigenvalue weighted by Gasteiger charge is -2.26. The van der Waals surface area contributed by atoms with Gasteiger partial charge in [0.05, 0.1) is 31.7 Å². The summed E-state index contributed by atoms with van der Waals surface area (Å²) < 4.78 is 16.0. The third kappa shape index (κ3) is 7.98. The highest BCUT2D eigenvalue weighted by Crippen LogP contribution is 2.13. The van der Waals surface area contributed by atoms with Crippen molar-refractivity contribution in [2.24, 2.45) is 4.99 Å².